The van der Waals surface area contributed by atoms with Crippen molar-refractivity contribution >= 4 is 17.8 Å². The average Bonchev–Trinajstić information content (AvgIpc) is 2.86. The lowest BCUT2D eigenvalue weighted by Gasteiger charge is -2.23. The number of carbonyl (C=O) groups excluding carboxylic acids is 3. The number of amides is 4. The minimum absolute atomic E-state index is 0.286. The second-order valence-electron chi connectivity index (χ2n) is 7.14. The van der Waals surface area contributed by atoms with E-state index in [4.69, 9.17) is 0 Å². The molecule has 134 valence electrons. The van der Waals surface area contributed by atoms with Gasteiger partial charge in [0.25, 0.3) is 5.91 Å². The number of urea groups is 1. The van der Waals surface area contributed by atoms with Crippen LogP contribution in [0.4, 0.5) is 4.79 Å². The molecule has 6 nitrogen and oxygen atoms in total. The molecule has 1 atom stereocenters. The van der Waals surface area contributed by atoms with Crippen LogP contribution in [0.5, 0.6) is 0 Å². The molecule has 1 saturated heterocycles. The molecule has 6 heteroatoms. The number of carbonyl (C=O) groups is 3. The Morgan fingerprint density at radius 3 is 2.56 bits per heavy atom. The highest BCUT2D eigenvalue weighted by atomic mass is 16.2. The van der Waals surface area contributed by atoms with Gasteiger partial charge in [-0.25, -0.2) is 4.79 Å². The van der Waals surface area contributed by atoms with Crippen LogP contribution in [0.25, 0.3) is 0 Å². The van der Waals surface area contributed by atoms with Gasteiger partial charge in [-0.15, -0.1) is 0 Å². The van der Waals surface area contributed by atoms with Gasteiger partial charge >= 0.3 is 6.03 Å². The lowest BCUT2D eigenvalue weighted by molar-refractivity contribution is -0.139. The Bertz CT molecular complexity index is 655. The summed E-state index contributed by atoms with van der Waals surface area (Å²) in [6.07, 6.45) is 7.23. The molecule has 3 rings (SSSR count). The maximum absolute atomic E-state index is 12.7. The number of hydrogen-bond acceptors (Lipinski definition) is 3. The van der Waals surface area contributed by atoms with Gasteiger partial charge in [-0.05, 0) is 24.8 Å². The zero-order valence-corrected chi connectivity index (χ0v) is 14.6. The Hall–Kier alpha value is -2.37. The van der Waals surface area contributed by atoms with Crippen LogP contribution in [-0.4, -0.2) is 22.9 Å². The van der Waals surface area contributed by atoms with Gasteiger partial charge < -0.3 is 5.32 Å². The van der Waals surface area contributed by atoms with Crippen LogP contribution in [0.1, 0.15) is 57.4 Å². The predicted octanol–water partition coefficient (Wildman–Crippen LogP) is 2.85. The number of hydrogen-bond donors (Lipinski definition) is 2. The standard InChI is InChI=1S/C19H25N3O3/c1-19(15-10-6-3-7-11-15)17(24)22(18(25)20-19)21-16(23)13-12-14-8-4-2-5-9-14/h3,6-7,10-11,14H,2,4-5,8-9,12-13H2,1H3,(H,20,25)(H,21,23). The van der Waals surface area contributed by atoms with Gasteiger partial charge in [0.1, 0.15) is 5.54 Å². The number of rotatable bonds is 5. The van der Waals surface area contributed by atoms with Crippen molar-refractivity contribution < 1.29 is 14.4 Å². The van der Waals surface area contributed by atoms with Crippen molar-refractivity contribution in [3.05, 3.63) is 35.9 Å². The van der Waals surface area contributed by atoms with E-state index in [2.05, 4.69) is 10.7 Å². The lowest BCUT2D eigenvalue weighted by atomic mass is 9.86. The fourth-order valence-electron chi connectivity index (χ4n) is 3.70. The topological polar surface area (TPSA) is 78.5 Å². The van der Waals surface area contributed by atoms with Gasteiger partial charge in [-0.3, -0.25) is 15.0 Å². The molecule has 1 aromatic rings. The summed E-state index contributed by atoms with van der Waals surface area (Å²) in [4.78, 5) is 37.1. The summed E-state index contributed by atoms with van der Waals surface area (Å²) in [6.45, 7) is 1.65. The number of imide groups is 1. The highest BCUT2D eigenvalue weighted by Gasteiger charge is 2.49. The summed E-state index contributed by atoms with van der Waals surface area (Å²) >= 11 is 0. The summed E-state index contributed by atoms with van der Waals surface area (Å²) in [6, 6.07) is 8.44. The molecule has 1 saturated carbocycles. The Labute approximate surface area is 147 Å². The van der Waals surface area contributed by atoms with Crippen LogP contribution in [0.3, 0.4) is 0 Å². The van der Waals surface area contributed by atoms with Crippen molar-refractivity contribution in [2.45, 2.75) is 57.4 Å². The summed E-state index contributed by atoms with van der Waals surface area (Å²) in [7, 11) is 0. The van der Waals surface area contributed by atoms with Gasteiger partial charge in [0.05, 0.1) is 0 Å². The van der Waals surface area contributed by atoms with E-state index in [1.807, 2.05) is 18.2 Å². The van der Waals surface area contributed by atoms with Crippen LogP contribution in [0.2, 0.25) is 0 Å². The van der Waals surface area contributed by atoms with E-state index >= 15 is 0 Å². The average molecular weight is 343 g/mol. The predicted molar refractivity (Wildman–Crippen MR) is 93.1 cm³/mol. The van der Waals surface area contributed by atoms with Crippen LogP contribution in [0, 0.1) is 5.92 Å². The molecule has 2 N–H and O–H groups in total. The quantitative estimate of drug-likeness (QED) is 0.807. The highest BCUT2D eigenvalue weighted by molar-refractivity contribution is 6.08. The van der Waals surface area contributed by atoms with Crippen molar-refractivity contribution in [3.63, 3.8) is 0 Å². The molecule has 0 aromatic heterocycles. The maximum Gasteiger partial charge on any atom is 0.344 e. The van der Waals surface area contributed by atoms with E-state index in [-0.39, 0.29) is 5.91 Å². The van der Waals surface area contributed by atoms with E-state index in [1.165, 1.54) is 32.1 Å². The maximum atomic E-state index is 12.7. The smallest absolute Gasteiger partial charge is 0.318 e. The number of benzene rings is 1. The molecule has 1 unspecified atom stereocenters. The minimum Gasteiger partial charge on any atom is -0.318 e. The zero-order chi connectivity index (χ0) is 17.9. The monoisotopic (exact) mass is 343 g/mol. The van der Waals surface area contributed by atoms with E-state index in [1.54, 1.807) is 19.1 Å². The first-order valence-electron chi connectivity index (χ1n) is 9.02. The van der Waals surface area contributed by atoms with Crippen molar-refractivity contribution in [1.29, 1.82) is 0 Å². The van der Waals surface area contributed by atoms with Crippen LogP contribution < -0.4 is 10.7 Å². The zero-order valence-electron chi connectivity index (χ0n) is 14.6. The van der Waals surface area contributed by atoms with E-state index in [9.17, 15) is 14.4 Å². The summed E-state index contributed by atoms with van der Waals surface area (Å²) in [5.74, 6) is -0.168. The molecular weight excluding hydrogens is 318 g/mol. The Kier molecular flexibility index (Phi) is 5.06. The molecule has 1 aliphatic carbocycles. The van der Waals surface area contributed by atoms with Gasteiger partial charge in [0.2, 0.25) is 5.91 Å². The second kappa shape index (κ2) is 7.25. The molecule has 2 aliphatic rings. The third kappa shape index (κ3) is 3.67. The van der Waals surface area contributed by atoms with Gasteiger partial charge in [-0.2, -0.15) is 5.01 Å². The van der Waals surface area contributed by atoms with Crippen molar-refractivity contribution in [2.24, 2.45) is 5.92 Å². The third-order valence-corrected chi connectivity index (χ3v) is 5.28. The van der Waals surface area contributed by atoms with E-state index in [0.29, 0.717) is 17.9 Å². The molecule has 1 aliphatic heterocycles. The number of nitrogens with zero attached hydrogens (tertiary/aromatic N) is 1. The van der Waals surface area contributed by atoms with Gasteiger partial charge in [0.15, 0.2) is 0 Å². The van der Waals surface area contributed by atoms with Gasteiger partial charge in [-0.1, -0.05) is 62.4 Å². The molecule has 1 aromatic carbocycles. The third-order valence-electron chi connectivity index (χ3n) is 5.28. The van der Waals surface area contributed by atoms with Gasteiger partial charge in [0, 0.05) is 6.42 Å². The first kappa shape index (κ1) is 17.5. The number of hydrazine groups is 1. The molecular formula is C19H25N3O3. The molecule has 25 heavy (non-hydrogen) atoms. The Morgan fingerprint density at radius 2 is 1.88 bits per heavy atom. The van der Waals surface area contributed by atoms with Crippen molar-refractivity contribution in [1.82, 2.24) is 15.8 Å². The summed E-state index contributed by atoms with van der Waals surface area (Å²) < 4.78 is 0. The normalized spacial score (nSPS) is 24.3. The Morgan fingerprint density at radius 1 is 1.20 bits per heavy atom. The molecule has 0 radical (unpaired) electrons. The summed E-state index contributed by atoms with van der Waals surface area (Å²) in [5.41, 5.74) is 2.01. The summed E-state index contributed by atoms with van der Waals surface area (Å²) in [5, 5.41) is 3.50. The minimum atomic E-state index is -1.16. The molecule has 1 heterocycles. The largest absolute Gasteiger partial charge is 0.344 e. The highest BCUT2D eigenvalue weighted by Crippen LogP contribution is 2.29. The lowest BCUT2D eigenvalue weighted by Crippen LogP contribution is -2.47. The fourth-order valence-corrected chi connectivity index (χ4v) is 3.70. The Balaban J connectivity index is 1.60. The number of nitrogens with one attached hydrogen (secondary N) is 2. The SMILES string of the molecule is CC1(c2ccccc2)NC(=O)N(NC(=O)CCC2CCCCC2)C1=O. The van der Waals surface area contributed by atoms with Crippen LogP contribution >= 0.6 is 0 Å². The second-order valence-corrected chi connectivity index (χ2v) is 7.14. The first-order valence-corrected chi connectivity index (χ1v) is 9.02. The fraction of sp³-hybridized carbons (Fsp3) is 0.526. The van der Waals surface area contributed by atoms with E-state index < -0.39 is 17.5 Å². The molecule has 0 bridgehead atoms. The molecule has 4 amide bonds. The van der Waals surface area contributed by atoms with Crippen molar-refractivity contribution in [3.8, 4) is 0 Å². The molecule has 0 spiro atoms. The molecule has 2 fully saturated rings. The van der Waals surface area contributed by atoms with Crippen LogP contribution in [0.15, 0.2) is 30.3 Å². The van der Waals surface area contributed by atoms with E-state index in [0.717, 1.165) is 11.4 Å². The van der Waals surface area contributed by atoms with Crippen molar-refractivity contribution in [2.75, 3.05) is 0 Å². The first-order chi connectivity index (χ1) is 12.0. The van der Waals surface area contributed by atoms with Crippen LogP contribution in [-0.2, 0) is 15.1 Å².